The van der Waals surface area contributed by atoms with Crippen molar-refractivity contribution in [1.29, 1.82) is 0 Å². The average molecular weight is 421 g/mol. The fourth-order valence-corrected chi connectivity index (χ4v) is 9.83. The Bertz CT molecular complexity index is 901. The molecule has 1 amide bonds. The minimum atomic E-state index is -1.83. The van der Waals surface area contributed by atoms with Crippen LogP contribution in [0.15, 0.2) is 42.6 Å². The maximum atomic E-state index is 12.6. The molecule has 1 heterocycles. The van der Waals surface area contributed by atoms with Crippen molar-refractivity contribution in [2.45, 2.75) is 78.1 Å². The van der Waals surface area contributed by atoms with Gasteiger partial charge in [0.25, 0.3) is 5.91 Å². The van der Waals surface area contributed by atoms with E-state index in [1.807, 2.05) is 19.1 Å². The summed E-state index contributed by atoms with van der Waals surface area (Å²) in [5.41, 5.74) is 9.24. The number of aryl methyl sites for hydroxylation is 1. The number of nitrogens with one attached hydrogen (secondary N) is 1. The molecule has 0 unspecified atom stereocenters. The zero-order valence-corrected chi connectivity index (χ0v) is 20.7. The van der Waals surface area contributed by atoms with E-state index in [4.69, 9.17) is 0 Å². The largest absolute Gasteiger partial charge is 0.344 e. The van der Waals surface area contributed by atoms with Crippen LogP contribution >= 0.6 is 0 Å². The molecule has 1 aromatic heterocycles. The van der Waals surface area contributed by atoms with Crippen molar-refractivity contribution in [1.82, 2.24) is 10.3 Å². The van der Waals surface area contributed by atoms with Gasteiger partial charge in [-0.15, -0.1) is 5.54 Å². The Morgan fingerprint density at radius 1 is 0.967 bits per heavy atom. The van der Waals surface area contributed by atoms with E-state index in [0.717, 1.165) is 11.1 Å². The van der Waals surface area contributed by atoms with Gasteiger partial charge in [0.05, 0.1) is 6.04 Å². The lowest BCUT2D eigenvalue weighted by Crippen LogP contribution is -2.43. The number of carbonyl (C=O) groups is 1. The molecule has 160 valence electrons. The van der Waals surface area contributed by atoms with Gasteiger partial charge in [0.1, 0.15) is 13.8 Å². The van der Waals surface area contributed by atoms with E-state index in [-0.39, 0.29) is 11.9 Å². The van der Waals surface area contributed by atoms with Crippen LogP contribution in [-0.2, 0) is 0 Å². The van der Waals surface area contributed by atoms with Crippen molar-refractivity contribution in [2.24, 2.45) is 0 Å². The molecule has 0 fully saturated rings. The molecular formula is C26H36N2OSi. The fraction of sp³-hybridized carbons (Fsp3) is 0.462. The molecule has 30 heavy (non-hydrogen) atoms. The fourth-order valence-electron chi connectivity index (χ4n) is 4.61. The van der Waals surface area contributed by atoms with E-state index in [9.17, 15) is 4.79 Å². The smallest absolute Gasteiger partial charge is 0.270 e. The highest BCUT2D eigenvalue weighted by molar-refractivity contribution is 6.90. The highest BCUT2D eigenvalue weighted by Crippen LogP contribution is 2.40. The molecule has 1 N–H and O–H groups in total. The van der Waals surface area contributed by atoms with Crippen LogP contribution in [0.3, 0.4) is 0 Å². The number of hydrogen-bond acceptors (Lipinski definition) is 2. The lowest BCUT2D eigenvalue weighted by atomic mass is 9.99. The van der Waals surface area contributed by atoms with Gasteiger partial charge in [0, 0.05) is 11.8 Å². The van der Waals surface area contributed by atoms with Gasteiger partial charge in [-0.25, -0.2) is 0 Å². The molecule has 0 aliphatic heterocycles. The van der Waals surface area contributed by atoms with Gasteiger partial charge >= 0.3 is 0 Å². The summed E-state index contributed by atoms with van der Waals surface area (Å²) in [6.45, 7) is 18.1. The van der Waals surface area contributed by atoms with Crippen molar-refractivity contribution in [2.75, 3.05) is 0 Å². The number of aromatic nitrogens is 1. The number of carbonyl (C=O) groups excluding carboxylic acids is 1. The molecule has 2 rings (SSSR count). The second-order valence-corrected chi connectivity index (χ2v) is 14.7. The third-order valence-corrected chi connectivity index (χ3v) is 12.5. The van der Waals surface area contributed by atoms with Gasteiger partial charge in [-0.1, -0.05) is 65.7 Å². The molecule has 0 saturated heterocycles. The predicted octanol–water partition coefficient (Wildman–Crippen LogP) is 6.45. The second-order valence-electron chi connectivity index (χ2n) is 9.15. The van der Waals surface area contributed by atoms with Gasteiger partial charge in [-0.3, -0.25) is 9.78 Å². The molecule has 0 radical (unpaired) electrons. The highest BCUT2D eigenvalue weighted by atomic mass is 28.3. The Morgan fingerprint density at radius 2 is 1.60 bits per heavy atom. The molecular weight excluding hydrogens is 384 g/mol. The molecule has 0 aliphatic rings. The number of pyridine rings is 1. The van der Waals surface area contributed by atoms with Gasteiger partial charge in [-0.2, -0.15) is 0 Å². The van der Waals surface area contributed by atoms with Crippen LogP contribution in [0.4, 0.5) is 0 Å². The SMILES string of the molecule is Cc1ccc([C@@H](C)NC(=O)c2ccccn2)c(C#C[Si](C(C)C)(C(C)C)C(C)C)c1. The third-order valence-electron chi connectivity index (χ3n) is 6.20. The van der Waals surface area contributed by atoms with Crippen molar-refractivity contribution < 1.29 is 4.79 Å². The first-order chi connectivity index (χ1) is 14.1. The molecule has 0 spiro atoms. The van der Waals surface area contributed by atoms with Crippen LogP contribution in [0.25, 0.3) is 0 Å². The van der Waals surface area contributed by atoms with Crippen LogP contribution in [0.1, 0.15) is 81.7 Å². The topological polar surface area (TPSA) is 42.0 Å². The van der Waals surface area contributed by atoms with Crippen LogP contribution < -0.4 is 5.32 Å². The lowest BCUT2D eigenvalue weighted by molar-refractivity contribution is 0.0935. The summed E-state index contributed by atoms with van der Waals surface area (Å²) in [4.78, 5) is 16.7. The van der Waals surface area contributed by atoms with E-state index < -0.39 is 8.07 Å². The summed E-state index contributed by atoms with van der Waals surface area (Å²) < 4.78 is 0. The Hall–Kier alpha value is -2.38. The summed E-state index contributed by atoms with van der Waals surface area (Å²) in [6.07, 6.45) is 1.64. The van der Waals surface area contributed by atoms with E-state index >= 15 is 0 Å². The molecule has 0 saturated carbocycles. The average Bonchev–Trinajstić information content (AvgIpc) is 2.68. The third kappa shape index (κ3) is 5.20. The van der Waals surface area contributed by atoms with Crippen molar-refractivity contribution >= 4 is 14.0 Å². The van der Waals surface area contributed by atoms with E-state index in [1.165, 1.54) is 5.56 Å². The lowest BCUT2D eigenvalue weighted by Gasteiger charge is -2.38. The molecule has 4 heteroatoms. The van der Waals surface area contributed by atoms with E-state index in [2.05, 4.69) is 88.4 Å². The summed E-state index contributed by atoms with van der Waals surface area (Å²) >= 11 is 0. The van der Waals surface area contributed by atoms with Crippen LogP contribution in [0.2, 0.25) is 16.6 Å². The first kappa shape index (κ1) is 23.9. The second kappa shape index (κ2) is 10.1. The van der Waals surface area contributed by atoms with Crippen LogP contribution in [-0.4, -0.2) is 19.0 Å². The van der Waals surface area contributed by atoms with E-state index in [0.29, 0.717) is 22.3 Å². The first-order valence-electron chi connectivity index (χ1n) is 10.9. The number of hydrogen-bond donors (Lipinski definition) is 1. The monoisotopic (exact) mass is 420 g/mol. The van der Waals surface area contributed by atoms with Gasteiger partial charge in [-0.05, 0) is 59.8 Å². The Labute approximate surface area is 183 Å². The van der Waals surface area contributed by atoms with Gasteiger partial charge in [0.2, 0.25) is 0 Å². The van der Waals surface area contributed by atoms with Crippen LogP contribution in [0, 0.1) is 18.4 Å². The predicted molar refractivity (Wildman–Crippen MR) is 129 cm³/mol. The molecule has 0 aliphatic carbocycles. The molecule has 1 aromatic carbocycles. The van der Waals surface area contributed by atoms with Gasteiger partial charge in [0.15, 0.2) is 0 Å². The van der Waals surface area contributed by atoms with Crippen molar-refractivity contribution in [3.05, 3.63) is 65.0 Å². The van der Waals surface area contributed by atoms with E-state index in [1.54, 1.807) is 12.3 Å². The Kier molecular flexibility index (Phi) is 8.03. The quantitative estimate of drug-likeness (QED) is 0.431. The number of nitrogens with zero attached hydrogens (tertiary/aromatic N) is 1. The summed E-state index contributed by atoms with van der Waals surface area (Å²) in [7, 11) is -1.83. The minimum absolute atomic E-state index is 0.155. The number of benzene rings is 1. The Balaban J connectivity index is 2.43. The molecule has 0 bridgehead atoms. The maximum Gasteiger partial charge on any atom is 0.270 e. The maximum absolute atomic E-state index is 12.6. The van der Waals surface area contributed by atoms with Crippen molar-refractivity contribution in [3.8, 4) is 11.5 Å². The minimum Gasteiger partial charge on any atom is -0.344 e. The number of rotatable bonds is 6. The Morgan fingerprint density at radius 3 is 2.13 bits per heavy atom. The zero-order valence-electron chi connectivity index (χ0n) is 19.7. The first-order valence-corrected chi connectivity index (χ1v) is 13.2. The molecule has 2 aromatic rings. The van der Waals surface area contributed by atoms with Crippen LogP contribution in [0.5, 0.6) is 0 Å². The summed E-state index contributed by atoms with van der Waals surface area (Å²) in [5.74, 6) is 3.41. The molecule has 1 atom stereocenters. The standard InChI is InChI=1S/C26H36N2OSi/c1-18(2)30(19(3)4,20(5)6)16-14-23-17-21(7)12-13-24(23)22(8)28-26(29)25-11-9-10-15-27-25/h9-13,15,17-20,22H,1-8H3,(H,28,29)/t22-/m1/s1. The highest BCUT2D eigenvalue weighted by Gasteiger charge is 2.41. The van der Waals surface area contributed by atoms with Crippen molar-refractivity contribution in [3.63, 3.8) is 0 Å². The summed E-state index contributed by atoms with van der Waals surface area (Å²) in [5, 5.41) is 3.08. The van der Waals surface area contributed by atoms with Gasteiger partial charge < -0.3 is 5.32 Å². The normalized spacial score (nSPS) is 12.6. The molecule has 3 nitrogen and oxygen atoms in total. The summed E-state index contributed by atoms with van der Waals surface area (Å²) in [6, 6.07) is 11.5. The number of amides is 1. The zero-order chi connectivity index (χ0) is 22.5.